The van der Waals surface area contributed by atoms with Gasteiger partial charge in [0.1, 0.15) is 0 Å². The molecule has 34 heavy (non-hydrogen) atoms. The molecule has 1 amide bonds. The minimum absolute atomic E-state index is 0.0427. The molecule has 0 aliphatic rings. The molecule has 0 radical (unpaired) electrons. The minimum Gasteiger partial charge on any atom is -0.319 e. The van der Waals surface area contributed by atoms with Crippen molar-refractivity contribution in [3.8, 4) is 23.0 Å². The van der Waals surface area contributed by atoms with Gasteiger partial charge in [-0.25, -0.2) is 4.68 Å². The predicted molar refractivity (Wildman–Crippen MR) is 137 cm³/mol. The van der Waals surface area contributed by atoms with Crippen LogP contribution in [-0.2, 0) is 6.42 Å². The quantitative estimate of drug-likeness (QED) is 0.305. The molecule has 2 aromatic carbocycles. The number of aromatic nitrogens is 3. The summed E-state index contributed by atoms with van der Waals surface area (Å²) in [6.45, 7) is 4.00. The van der Waals surface area contributed by atoms with E-state index in [4.69, 9.17) is 34.8 Å². The molecule has 0 bridgehead atoms. The van der Waals surface area contributed by atoms with Crippen LogP contribution in [0.15, 0.2) is 67.0 Å². The maximum atomic E-state index is 13.1. The number of pyridine rings is 1. The summed E-state index contributed by atoms with van der Waals surface area (Å²) < 4.78 is 1.55. The third-order valence-electron chi connectivity index (χ3n) is 4.63. The number of hydrogen-bond acceptors (Lipinski definition) is 4. The Bertz CT molecular complexity index is 1330. The van der Waals surface area contributed by atoms with Crippen LogP contribution in [0.25, 0.3) is 16.9 Å². The van der Waals surface area contributed by atoms with Crippen LogP contribution in [0.3, 0.4) is 0 Å². The zero-order chi connectivity index (χ0) is 24.7. The van der Waals surface area contributed by atoms with Crippen LogP contribution in [0.1, 0.15) is 29.9 Å². The molecule has 4 aromatic rings. The molecule has 1 N–H and O–H groups in total. The second kappa shape index (κ2) is 11.7. The van der Waals surface area contributed by atoms with Crippen LogP contribution in [0, 0.1) is 11.3 Å². The van der Waals surface area contributed by atoms with Gasteiger partial charge in [0.05, 0.1) is 40.8 Å². The second-order valence-corrected chi connectivity index (χ2v) is 8.00. The Hall–Kier alpha value is -3.37. The fourth-order valence-corrected chi connectivity index (χ4v) is 3.85. The number of anilines is 1. The van der Waals surface area contributed by atoms with Gasteiger partial charge in [-0.3, -0.25) is 9.78 Å². The molecule has 9 heteroatoms. The number of rotatable bonds is 5. The smallest absolute Gasteiger partial charge is 0.276 e. The Labute approximate surface area is 212 Å². The molecule has 0 unspecified atom stereocenters. The Balaban J connectivity index is 0.00000158. The van der Waals surface area contributed by atoms with Gasteiger partial charge >= 0.3 is 0 Å². The molecule has 0 spiro atoms. The Morgan fingerprint density at radius 1 is 1.06 bits per heavy atom. The summed E-state index contributed by atoms with van der Waals surface area (Å²) in [5.41, 5.74) is 2.86. The first-order valence-electron chi connectivity index (χ1n) is 10.4. The van der Waals surface area contributed by atoms with Gasteiger partial charge in [0, 0.05) is 27.4 Å². The van der Waals surface area contributed by atoms with E-state index in [2.05, 4.69) is 21.5 Å². The summed E-state index contributed by atoms with van der Waals surface area (Å²) in [5, 5.41) is 18.2. The normalized spacial score (nSPS) is 10.1. The first-order valence-corrected chi connectivity index (χ1v) is 11.5. The minimum atomic E-state index is -0.470. The van der Waals surface area contributed by atoms with Crippen molar-refractivity contribution in [2.75, 3.05) is 5.32 Å². The number of amides is 1. The first-order chi connectivity index (χ1) is 16.5. The van der Waals surface area contributed by atoms with Crippen LogP contribution in [0.4, 0.5) is 5.69 Å². The fraction of sp³-hybridized carbons (Fsp3) is 0.120. The number of carbonyl (C=O) groups is 1. The average Bonchev–Trinajstić information content (AvgIpc) is 3.21. The molecule has 172 valence electrons. The van der Waals surface area contributed by atoms with Crippen molar-refractivity contribution in [3.05, 3.63) is 93.3 Å². The van der Waals surface area contributed by atoms with E-state index in [1.807, 2.05) is 13.8 Å². The highest BCUT2D eigenvalue weighted by molar-refractivity contribution is 6.35. The van der Waals surface area contributed by atoms with Gasteiger partial charge in [-0.15, -0.1) is 0 Å². The van der Waals surface area contributed by atoms with Crippen LogP contribution in [0.5, 0.6) is 0 Å². The molecule has 6 nitrogen and oxygen atoms in total. The van der Waals surface area contributed by atoms with E-state index in [0.717, 1.165) is 5.56 Å². The van der Waals surface area contributed by atoms with E-state index in [0.29, 0.717) is 37.7 Å². The number of nitrogens with one attached hydrogen (secondary N) is 1. The average molecular weight is 513 g/mol. The van der Waals surface area contributed by atoms with Gasteiger partial charge in [-0.05, 0) is 42.5 Å². The van der Waals surface area contributed by atoms with Gasteiger partial charge in [0.2, 0.25) is 0 Å². The zero-order valence-corrected chi connectivity index (χ0v) is 20.7. The third-order valence-corrected chi connectivity index (χ3v) is 5.42. The lowest BCUT2D eigenvalue weighted by atomic mass is 10.0. The lowest BCUT2D eigenvalue weighted by Crippen LogP contribution is -2.15. The topological polar surface area (TPSA) is 83.6 Å². The highest BCUT2D eigenvalue weighted by Crippen LogP contribution is 2.34. The Morgan fingerprint density at radius 3 is 2.38 bits per heavy atom. The van der Waals surface area contributed by atoms with Crippen molar-refractivity contribution in [1.82, 2.24) is 14.8 Å². The molecular weight excluding hydrogens is 493 g/mol. The van der Waals surface area contributed by atoms with E-state index in [9.17, 15) is 10.1 Å². The largest absolute Gasteiger partial charge is 0.319 e. The number of halogens is 3. The zero-order valence-electron chi connectivity index (χ0n) is 18.4. The molecule has 2 heterocycles. The number of carbonyl (C=O) groups excluding carboxylic acids is 1. The maximum absolute atomic E-state index is 13.1. The summed E-state index contributed by atoms with van der Waals surface area (Å²) in [6, 6.07) is 17.6. The van der Waals surface area contributed by atoms with Gasteiger partial charge in [-0.2, -0.15) is 10.4 Å². The van der Waals surface area contributed by atoms with Crippen molar-refractivity contribution in [2.24, 2.45) is 0 Å². The van der Waals surface area contributed by atoms with Crippen molar-refractivity contribution in [1.29, 1.82) is 5.26 Å². The van der Waals surface area contributed by atoms with Crippen LogP contribution >= 0.6 is 34.8 Å². The Morgan fingerprint density at radius 2 is 1.76 bits per heavy atom. The monoisotopic (exact) mass is 511 g/mol. The molecule has 0 aliphatic carbocycles. The molecule has 4 rings (SSSR count). The molecule has 0 saturated carbocycles. The number of benzene rings is 2. The maximum Gasteiger partial charge on any atom is 0.276 e. The standard InChI is InChI=1S/C23H14Cl3N5O.C2H6/c24-15-5-3-14(4-6-15)22-18(9-10-27)21(23(32)29-17-2-1-11-28-13-17)30-31(22)20-8-7-16(25)12-19(20)26;1-2/h1-8,11-13H,9H2,(H,29,32);1-2H3. The third kappa shape index (κ3) is 5.57. The summed E-state index contributed by atoms with van der Waals surface area (Å²) in [7, 11) is 0. The highest BCUT2D eigenvalue weighted by atomic mass is 35.5. The van der Waals surface area contributed by atoms with Crippen molar-refractivity contribution < 1.29 is 4.79 Å². The molecule has 2 aromatic heterocycles. The van der Waals surface area contributed by atoms with Crippen molar-refractivity contribution >= 4 is 46.4 Å². The van der Waals surface area contributed by atoms with Gasteiger partial charge < -0.3 is 5.32 Å². The van der Waals surface area contributed by atoms with Gasteiger partial charge in [-0.1, -0.05) is 60.8 Å². The molecule has 0 fully saturated rings. The van der Waals surface area contributed by atoms with Crippen molar-refractivity contribution in [2.45, 2.75) is 20.3 Å². The van der Waals surface area contributed by atoms with E-state index < -0.39 is 5.91 Å². The number of nitrogens with zero attached hydrogens (tertiary/aromatic N) is 4. The molecule has 0 atom stereocenters. The van der Waals surface area contributed by atoms with Crippen molar-refractivity contribution in [3.63, 3.8) is 0 Å². The summed E-state index contributed by atoms with van der Waals surface area (Å²) >= 11 is 18.6. The molecule has 0 saturated heterocycles. The lowest BCUT2D eigenvalue weighted by molar-refractivity contribution is 0.102. The highest BCUT2D eigenvalue weighted by Gasteiger charge is 2.26. The summed E-state index contributed by atoms with van der Waals surface area (Å²) in [6.07, 6.45) is 3.08. The van der Waals surface area contributed by atoms with Gasteiger partial charge in [0.25, 0.3) is 5.91 Å². The number of nitriles is 1. The summed E-state index contributed by atoms with van der Waals surface area (Å²) in [5.74, 6) is -0.470. The van der Waals surface area contributed by atoms with E-state index >= 15 is 0 Å². The van der Waals surface area contributed by atoms with E-state index in [-0.39, 0.29) is 12.1 Å². The lowest BCUT2D eigenvalue weighted by Gasteiger charge is -2.11. The fourth-order valence-electron chi connectivity index (χ4n) is 3.24. The first kappa shape index (κ1) is 25.3. The van der Waals surface area contributed by atoms with Gasteiger partial charge in [0.15, 0.2) is 5.69 Å². The second-order valence-electron chi connectivity index (χ2n) is 6.72. The van der Waals surface area contributed by atoms with E-state index in [1.165, 1.54) is 6.20 Å². The number of hydrogen-bond donors (Lipinski definition) is 1. The van der Waals surface area contributed by atoms with E-state index in [1.54, 1.807) is 65.5 Å². The molecule has 0 aliphatic heterocycles. The Kier molecular flexibility index (Phi) is 8.67. The molecular formula is C25H20Cl3N5O. The summed E-state index contributed by atoms with van der Waals surface area (Å²) in [4.78, 5) is 17.1. The van der Waals surface area contributed by atoms with Crippen LogP contribution < -0.4 is 5.32 Å². The predicted octanol–water partition coefficient (Wildman–Crippen LogP) is 7.24. The van der Waals surface area contributed by atoms with Crippen LogP contribution in [-0.4, -0.2) is 20.7 Å². The SMILES string of the molecule is CC.N#CCc1c(C(=O)Nc2cccnc2)nn(-c2ccc(Cl)cc2Cl)c1-c1ccc(Cl)cc1. The van der Waals surface area contributed by atoms with Crippen LogP contribution in [0.2, 0.25) is 15.1 Å².